The van der Waals surface area contributed by atoms with Crippen LogP contribution in [0.4, 0.5) is 0 Å². The molecule has 0 aromatic heterocycles. The summed E-state index contributed by atoms with van der Waals surface area (Å²) in [4.78, 5) is 0. The topological polar surface area (TPSA) is 12.0 Å². The predicted molar refractivity (Wildman–Crippen MR) is 42.6 cm³/mol. The first-order valence-corrected chi connectivity index (χ1v) is 3.50. The second kappa shape index (κ2) is 2.30. The number of hydrogen-bond acceptors (Lipinski definition) is 1. The van der Waals surface area contributed by atoms with Gasteiger partial charge in [0.15, 0.2) is 0 Å². The third-order valence-electron chi connectivity index (χ3n) is 2.50. The highest BCUT2D eigenvalue weighted by Gasteiger charge is 2.30. The largest absolute Gasteiger partial charge is 0.314 e. The summed E-state index contributed by atoms with van der Waals surface area (Å²) in [5.74, 6) is 0. The summed E-state index contributed by atoms with van der Waals surface area (Å²) in [5, 5.41) is 3.28. The molecule has 0 rings (SSSR count). The van der Waals surface area contributed by atoms with Gasteiger partial charge in [0.25, 0.3) is 0 Å². The van der Waals surface area contributed by atoms with Crippen molar-refractivity contribution in [3.05, 3.63) is 0 Å². The molecule has 0 atom stereocenters. The predicted octanol–water partition coefficient (Wildman–Crippen LogP) is 2.03. The third kappa shape index (κ3) is 1.98. The first-order chi connectivity index (χ1) is 3.81. The van der Waals surface area contributed by atoms with Gasteiger partial charge >= 0.3 is 0 Å². The van der Waals surface area contributed by atoms with Gasteiger partial charge in [0.1, 0.15) is 0 Å². The lowest BCUT2D eigenvalue weighted by atomic mass is 9.76. The van der Waals surface area contributed by atoms with Crippen molar-refractivity contribution in [2.24, 2.45) is 5.41 Å². The fraction of sp³-hybridized carbons (Fsp3) is 1.00. The summed E-state index contributed by atoms with van der Waals surface area (Å²) in [6.45, 7) is 11.1. The highest BCUT2D eigenvalue weighted by molar-refractivity contribution is 4.88. The van der Waals surface area contributed by atoms with E-state index >= 15 is 0 Å². The number of nitrogens with one attached hydrogen (secondary N) is 1. The Morgan fingerprint density at radius 1 is 0.889 bits per heavy atom. The van der Waals surface area contributed by atoms with Crippen LogP contribution in [0.3, 0.4) is 0 Å². The van der Waals surface area contributed by atoms with Crippen LogP contribution in [0.2, 0.25) is 0 Å². The SMILES string of the molecule is CNC(C)(C)C(C)(C)C. The molecule has 9 heavy (non-hydrogen) atoms. The van der Waals surface area contributed by atoms with Gasteiger partial charge < -0.3 is 5.32 Å². The van der Waals surface area contributed by atoms with Gasteiger partial charge in [0, 0.05) is 5.54 Å². The van der Waals surface area contributed by atoms with Crippen LogP contribution >= 0.6 is 0 Å². The molecule has 0 radical (unpaired) electrons. The molecular weight excluding hydrogens is 110 g/mol. The summed E-state index contributed by atoms with van der Waals surface area (Å²) in [7, 11) is 2.01. The maximum absolute atomic E-state index is 3.28. The van der Waals surface area contributed by atoms with Crippen LogP contribution in [0, 0.1) is 5.41 Å². The standard InChI is InChI=1S/C8H19N/c1-7(2,3)8(4,5)9-6/h9H,1-6H3. The minimum absolute atomic E-state index is 0.229. The van der Waals surface area contributed by atoms with E-state index in [2.05, 4.69) is 39.9 Å². The van der Waals surface area contributed by atoms with Crippen molar-refractivity contribution in [2.75, 3.05) is 7.05 Å². The van der Waals surface area contributed by atoms with Gasteiger partial charge in [-0.2, -0.15) is 0 Å². The summed E-state index contributed by atoms with van der Waals surface area (Å²) in [5.41, 5.74) is 0.564. The summed E-state index contributed by atoms with van der Waals surface area (Å²) in [6.07, 6.45) is 0. The molecular formula is C8H19N. The number of hydrogen-bond donors (Lipinski definition) is 1. The van der Waals surface area contributed by atoms with Gasteiger partial charge in [-0.1, -0.05) is 20.8 Å². The number of rotatable bonds is 1. The van der Waals surface area contributed by atoms with Crippen molar-refractivity contribution in [3.63, 3.8) is 0 Å². The van der Waals surface area contributed by atoms with Crippen LogP contribution in [0.5, 0.6) is 0 Å². The van der Waals surface area contributed by atoms with E-state index in [4.69, 9.17) is 0 Å². The summed E-state index contributed by atoms with van der Waals surface area (Å²) in [6, 6.07) is 0. The molecule has 56 valence electrons. The molecule has 0 saturated heterocycles. The van der Waals surface area contributed by atoms with Crippen molar-refractivity contribution in [1.82, 2.24) is 5.32 Å². The Kier molecular flexibility index (Phi) is 2.29. The van der Waals surface area contributed by atoms with E-state index in [1.807, 2.05) is 7.05 Å². The first kappa shape index (κ1) is 8.96. The zero-order valence-electron chi connectivity index (χ0n) is 7.50. The van der Waals surface area contributed by atoms with E-state index in [-0.39, 0.29) is 5.54 Å². The molecule has 0 fully saturated rings. The minimum atomic E-state index is 0.229. The van der Waals surface area contributed by atoms with Gasteiger partial charge in [-0.05, 0) is 26.3 Å². The van der Waals surface area contributed by atoms with Crippen LogP contribution in [0.25, 0.3) is 0 Å². The van der Waals surface area contributed by atoms with Gasteiger partial charge in [0.2, 0.25) is 0 Å². The van der Waals surface area contributed by atoms with Crippen LogP contribution in [0.15, 0.2) is 0 Å². The normalized spacial score (nSPS) is 14.0. The molecule has 1 heteroatoms. The van der Waals surface area contributed by atoms with E-state index in [1.54, 1.807) is 0 Å². The molecule has 1 N–H and O–H groups in total. The molecule has 0 unspecified atom stereocenters. The lowest BCUT2D eigenvalue weighted by Crippen LogP contribution is -2.47. The molecule has 0 heterocycles. The van der Waals surface area contributed by atoms with E-state index < -0.39 is 0 Å². The lowest BCUT2D eigenvalue weighted by Gasteiger charge is -2.38. The quantitative estimate of drug-likeness (QED) is 0.571. The van der Waals surface area contributed by atoms with Crippen molar-refractivity contribution >= 4 is 0 Å². The summed E-state index contributed by atoms with van der Waals surface area (Å²) >= 11 is 0. The smallest absolute Gasteiger partial charge is 0.0170 e. The Bertz CT molecular complexity index is 87.2. The molecule has 0 saturated carbocycles. The van der Waals surface area contributed by atoms with E-state index in [0.29, 0.717) is 5.41 Å². The molecule has 0 aromatic rings. The fourth-order valence-corrected chi connectivity index (χ4v) is 0.375. The van der Waals surface area contributed by atoms with E-state index in [9.17, 15) is 0 Å². The lowest BCUT2D eigenvalue weighted by molar-refractivity contribution is 0.189. The second-order valence-electron chi connectivity index (χ2n) is 4.12. The third-order valence-corrected chi connectivity index (χ3v) is 2.50. The average molecular weight is 129 g/mol. The van der Waals surface area contributed by atoms with Gasteiger partial charge in [0.05, 0.1) is 0 Å². The Labute approximate surface area is 58.8 Å². The van der Waals surface area contributed by atoms with Crippen LogP contribution in [0.1, 0.15) is 34.6 Å². The molecule has 0 aliphatic heterocycles. The Hall–Kier alpha value is -0.0400. The van der Waals surface area contributed by atoms with Crippen molar-refractivity contribution in [2.45, 2.75) is 40.2 Å². The van der Waals surface area contributed by atoms with Crippen molar-refractivity contribution in [3.8, 4) is 0 Å². The molecule has 1 nitrogen and oxygen atoms in total. The van der Waals surface area contributed by atoms with Gasteiger partial charge in [-0.15, -0.1) is 0 Å². The molecule has 0 aliphatic rings. The van der Waals surface area contributed by atoms with Crippen molar-refractivity contribution < 1.29 is 0 Å². The fourth-order valence-electron chi connectivity index (χ4n) is 0.375. The maximum Gasteiger partial charge on any atom is 0.0170 e. The Morgan fingerprint density at radius 3 is 1.22 bits per heavy atom. The van der Waals surface area contributed by atoms with Gasteiger partial charge in [-0.25, -0.2) is 0 Å². The van der Waals surface area contributed by atoms with Crippen LogP contribution in [-0.2, 0) is 0 Å². The van der Waals surface area contributed by atoms with Crippen LogP contribution < -0.4 is 5.32 Å². The minimum Gasteiger partial charge on any atom is -0.314 e. The second-order valence-corrected chi connectivity index (χ2v) is 4.12. The molecule has 0 aliphatic carbocycles. The summed E-state index contributed by atoms with van der Waals surface area (Å²) < 4.78 is 0. The van der Waals surface area contributed by atoms with Gasteiger partial charge in [-0.3, -0.25) is 0 Å². The molecule has 0 aromatic carbocycles. The van der Waals surface area contributed by atoms with E-state index in [0.717, 1.165) is 0 Å². The Balaban J connectivity index is 4.14. The van der Waals surface area contributed by atoms with E-state index in [1.165, 1.54) is 0 Å². The highest BCUT2D eigenvalue weighted by Crippen LogP contribution is 2.28. The first-order valence-electron chi connectivity index (χ1n) is 3.50. The zero-order valence-corrected chi connectivity index (χ0v) is 7.50. The average Bonchev–Trinajstić information content (AvgIpc) is 1.64. The van der Waals surface area contributed by atoms with Crippen molar-refractivity contribution in [1.29, 1.82) is 0 Å². The monoisotopic (exact) mass is 129 g/mol. The molecule has 0 amide bonds. The highest BCUT2D eigenvalue weighted by atomic mass is 14.9. The Morgan fingerprint density at radius 2 is 1.22 bits per heavy atom. The molecule has 0 spiro atoms. The van der Waals surface area contributed by atoms with Crippen LogP contribution in [-0.4, -0.2) is 12.6 Å². The molecule has 0 bridgehead atoms. The zero-order chi connectivity index (χ0) is 7.71. The maximum atomic E-state index is 3.28.